The first-order chi connectivity index (χ1) is 11.2. The Morgan fingerprint density at radius 1 is 1.16 bits per heavy atom. The third kappa shape index (κ3) is 3.54. The second kappa shape index (κ2) is 6.09. The summed E-state index contributed by atoms with van der Waals surface area (Å²) in [7, 11) is -3.16. The van der Waals surface area contributed by atoms with Gasteiger partial charge in [0.1, 0.15) is 10.7 Å². The Hall–Kier alpha value is -1.95. The highest BCUT2D eigenvalue weighted by Crippen LogP contribution is 2.34. The minimum absolute atomic E-state index is 0.0580. The molecule has 1 aromatic heterocycles. The van der Waals surface area contributed by atoms with Gasteiger partial charge in [-0.1, -0.05) is 26.8 Å². The molecule has 136 valence electrons. The van der Waals surface area contributed by atoms with Crippen molar-refractivity contribution < 1.29 is 8.60 Å². The van der Waals surface area contributed by atoms with Crippen LogP contribution < -0.4 is 5.43 Å². The lowest BCUT2D eigenvalue weighted by atomic mass is 9.81. The van der Waals surface area contributed by atoms with Gasteiger partial charge in [0.15, 0.2) is 5.43 Å². The average molecular weight is 364 g/mol. The van der Waals surface area contributed by atoms with Crippen molar-refractivity contribution in [3.8, 4) is 11.3 Å². The largest absolute Gasteiger partial charge is 0.357 e. The summed E-state index contributed by atoms with van der Waals surface area (Å²) in [5, 5.41) is 0. The first-order valence-electron chi connectivity index (χ1n) is 8.03. The van der Waals surface area contributed by atoms with Crippen LogP contribution in [0.1, 0.15) is 43.2 Å². The molecule has 0 aliphatic heterocycles. The van der Waals surface area contributed by atoms with E-state index in [0.29, 0.717) is 22.5 Å². The van der Waals surface area contributed by atoms with E-state index in [0.717, 1.165) is 11.1 Å². The fraction of sp³-hybridized carbons (Fsp3) is 0.421. The van der Waals surface area contributed by atoms with E-state index in [1.54, 1.807) is 13.8 Å². The van der Waals surface area contributed by atoms with E-state index >= 15 is 4.39 Å². The summed E-state index contributed by atoms with van der Waals surface area (Å²) >= 11 is 0. The lowest BCUT2D eigenvalue weighted by Crippen LogP contribution is -2.18. The van der Waals surface area contributed by atoms with E-state index < -0.39 is 15.2 Å². The molecule has 0 unspecified atom stereocenters. The number of aromatic amines is 1. The zero-order valence-corrected chi connectivity index (χ0v) is 16.6. The molecule has 0 amide bonds. The Balaban J connectivity index is 2.81. The number of hydrogen-bond acceptors (Lipinski definition) is 3. The van der Waals surface area contributed by atoms with E-state index in [1.165, 1.54) is 12.3 Å². The van der Waals surface area contributed by atoms with Crippen molar-refractivity contribution >= 4 is 9.73 Å². The zero-order chi connectivity index (χ0) is 19.3. The molecule has 0 saturated heterocycles. The molecule has 0 fully saturated rings. The number of benzene rings is 1. The smallest absolute Gasteiger partial charge is 0.199 e. The molecule has 0 bridgehead atoms. The summed E-state index contributed by atoms with van der Waals surface area (Å²) in [5.41, 5.74) is 2.50. The number of H-pyrrole nitrogens is 1. The summed E-state index contributed by atoms with van der Waals surface area (Å²) in [4.78, 5) is 15.3. The molecule has 1 atom stereocenters. The van der Waals surface area contributed by atoms with Gasteiger partial charge >= 0.3 is 0 Å². The minimum atomic E-state index is -3.16. The summed E-state index contributed by atoms with van der Waals surface area (Å²) in [5.74, 6) is -0.365. The first kappa shape index (κ1) is 19.4. The summed E-state index contributed by atoms with van der Waals surface area (Å²) in [6.45, 7) is 11.2. The van der Waals surface area contributed by atoms with Gasteiger partial charge in [-0.15, -0.1) is 0 Å². The molecule has 2 aromatic rings. The lowest BCUT2D eigenvalue weighted by molar-refractivity contribution is 0.563. The molecule has 25 heavy (non-hydrogen) atoms. The summed E-state index contributed by atoms with van der Waals surface area (Å²) in [6, 6.07) is 3.18. The van der Waals surface area contributed by atoms with Crippen LogP contribution in [0.3, 0.4) is 0 Å². The van der Waals surface area contributed by atoms with Crippen molar-refractivity contribution in [1.29, 1.82) is 4.78 Å². The molecule has 0 aliphatic carbocycles. The third-order valence-corrected chi connectivity index (χ3v) is 5.62. The Morgan fingerprint density at radius 2 is 1.72 bits per heavy atom. The van der Waals surface area contributed by atoms with Crippen molar-refractivity contribution in [1.82, 2.24) is 4.98 Å². The fourth-order valence-corrected chi connectivity index (χ4v) is 4.36. The lowest BCUT2D eigenvalue weighted by Gasteiger charge is -2.24. The van der Waals surface area contributed by atoms with Crippen molar-refractivity contribution in [2.45, 2.75) is 51.9 Å². The Morgan fingerprint density at radius 3 is 2.16 bits per heavy atom. The molecule has 0 saturated carbocycles. The normalized spacial score (nSPS) is 14.4. The molecule has 2 N–H and O–H groups in total. The SMILES string of the molecule is Cc1cc(C(C)(C)C)c(C)c(F)c1-c1cc(=O)c([S@](C)(=N)=O)c(C)[nH]1. The van der Waals surface area contributed by atoms with E-state index in [2.05, 4.69) is 4.98 Å². The van der Waals surface area contributed by atoms with Crippen LogP contribution >= 0.6 is 0 Å². The van der Waals surface area contributed by atoms with Crippen LogP contribution in [0, 0.1) is 31.4 Å². The van der Waals surface area contributed by atoms with Crippen LogP contribution in [0.25, 0.3) is 11.3 Å². The molecule has 6 heteroatoms. The molecule has 4 nitrogen and oxygen atoms in total. The van der Waals surface area contributed by atoms with E-state index in [1.807, 2.05) is 33.8 Å². The van der Waals surface area contributed by atoms with Crippen LogP contribution in [0.5, 0.6) is 0 Å². The maximum atomic E-state index is 15.1. The zero-order valence-electron chi connectivity index (χ0n) is 15.8. The van der Waals surface area contributed by atoms with Gasteiger partial charge in [-0.2, -0.15) is 0 Å². The van der Waals surface area contributed by atoms with Gasteiger partial charge in [-0.25, -0.2) is 13.4 Å². The van der Waals surface area contributed by atoms with Crippen molar-refractivity contribution in [3.63, 3.8) is 0 Å². The van der Waals surface area contributed by atoms with Gasteiger partial charge in [-0.05, 0) is 42.9 Å². The molecule has 0 spiro atoms. The van der Waals surface area contributed by atoms with Crippen LogP contribution in [-0.2, 0) is 15.1 Å². The number of nitrogens with one attached hydrogen (secondary N) is 2. The Labute approximate surface area is 148 Å². The first-order valence-corrected chi connectivity index (χ1v) is 10.00. The number of aryl methyl sites for hydroxylation is 2. The van der Waals surface area contributed by atoms with Crippen molar-refractivity contribution in [3.05, 3.63) is 50.6 Å². The Bertz CT molecular complexity index is 1010. The monoisotopic (exact) mass is 364 g/mol. The van der Waals surface area contributed by atoms with E-state index in [9.17, 15) is 9.00 Å². The highest BCUT2D eigenvalue weighted by molar-refractivity contribution is 7.91. The van der Waals surface area contributed by atoms with Gasteiger partial charge < -0.3 is 4.98 Å². The average Bonchev–Trinajstić information content (AvgIpc) is 2.39. The minimum Gasteiger partial charge on any atom is -0.357 e. The predicted octanol–water partition coefficient (Wildman–Crippen LogP) is 4.44. The number of pyridine rings is 1. The molecule has 1 aromatic carbocycles. The van der Waals surface area contributed by atoms with Crippen LogP contribution in [-0.4, -0.2) is 15.4 Å². The number of aromatic nitrogens is 1. The van der Waals surface area contributed by atoms with Gasteiger partial charge in [0.25, 0.3) is 0 Å². The topological polar surface area (TPSA) is 73.8 Å². The van der Waals surface area contributed by atoms with Gasteiger partial charge in [0.05, 0.1) is 15.4 Å². The number of rotatable bonds is 2. The van der Waals surface area contributed by atoms with Gasteiger partial charge in [-0.3, -0.25) is 4.79 Å². The fourth-order valence-electron chi connectivity index (χ4n) is 3.28. The molecule has 0 aliphatic rings. The molecular formula is C19H25FN2O2S. The van der Waals surface area contributed by atoms with Crippen LogP contribution in [0.15, 0.2) is 21.8 Å². The van der Waals surface area contributed by atoms with Crippen molar-refractivity contribution in [2.75, 3.05) is 6.26 Å². The van der Waals surface area contributed by atoms with E-state index in [4.69, 9.17) is 4.78 Å². The molecular weight excluding hydrogens is 339 g/mol. The quantitative estimate of drug-likeness (QED) is 0.827. The van der Waals surface area contributed by atoms with Crippen LogP contribution in [0.4, 0.5) is 4.39 Å². The highest BCUT2D eigenvalue weighted by Gasteiger charge is 2.24. The predicted molar refractivity (Wildman–Crippen MR) is 100 cm³/mol. The van der Waals surface area contributed by atoms with Crippen molar-refractivity contribution in [2.24, 2.45) is 0 Å². The van der Waals surface area contributed by atoms with Crippen LogP contribution in [0.2, 0.25) is 0 Å². The van der Waals surface area contributed by atoms with Gasteiger partial charge in [0.2, 0.25) is 0 Å². The molecule has 0 radical (unpaired) electrons. The number of hydrogen-bond donors (Lipinski definition) is 2. The highest BCUT2D eigenvalue weighted by atomic mass is 32.2. The standard InChI is InChI=1S/C19H25FN2O2S/c1-10-8-13(19(4,5)6)11(2)17(20)16(10)14-9-15(23)18(12(3)22-14)25(7,21)24/h8-9,21H,1-7H3,(H,22,23)/t25-/m1/s1. The summed E-state index contributed by atoms with van der Waals surface area (Å²) < 4.78 is 34.8. The summed E-state index contributed by atoms with van der Waals surface area (Å²) in [6.07, 6.45) is 1.21. The Kier molecular flexibility index (Phi) is 4.72. The molecule has 1 heterocycles. The second-order valence-electron chi connectivity index (χ2n) is 7.65. The van der Waals surface area contributed by atoms with Gasteiger partial charge in [0, 0.05) is 23.6 Å². The second-order valence-corrected chi connectivity index (χ2v) is 9.75. The maximum Gasteiger partial charge on any atom is 0.199 e. The molecule has 2 rings (SSSR count). The number of halogens is 1. The maximum absolute atomic E-state index is 15.1. The van der Waals surface area contributed by atoms with E-state index in [-0.39, 0.29) is 16.1 Å². The third-order valence-electron chi connectivity index (χ3n) is 4.34.